The van der Waals surface area contributed by atoms with E-state index in [0.29, 0.717) is 16.5 Å². The summed E-state index contributed by atoms with van der Waals surface area (Å²) in [6.07, 6.45) is 3.33. The molecule has 2 atom stereocenters. The van der Waals surface area contributed by atoms with Crippen LogP contribution in [0.4, 0.5) is 0 Å². The van der Waals surface area contributed by atoms with Crippen molar-refractivity contribution in [3.8, 4) is 5.69 Å². The van der Waals surface area contributed by atoms with Gasteiger partial charge in [0.25, 0.3) is 5.91 Å². The van der Waals surface area contributed by atoms with Gasteiger partial charge >= 0.3 is 0 Å². The molecule has 0 bridgehead atoms. The largest absolute Gasteiger partial charge is 0.349 e. The van der Waals surface area contributed by atoms with Gasteiger partial charge in [-0.3, -0.25) is 4.79 Å². The number of rotatable bonds is 4. The molecule has 2 unspecified atom stereocenters. The lowest BCUT2D eigenvalue weighted by Gasteiger charge is -2.30. The monoisotopic (exact) mass is 382 g/mol. The Balaban J connectivity index is 0.00000225. The summed E-state index contributed by atoms with van der Waals surface area (Å²) < 4.78 is 1.80. The van der Waals surface area contributed by atoms with Gasteiger partial charge in [0, 0.05) is 11.1 Å². The van der Waals surface area contributed by atoms with E-state index in [1.165, 1.54) is 0 Å². The minimum atomic E-state index is -0.0427. The van der Waals surface area contributed by atoms with Crippen LogP contribution < -0.4 is 10.6 Å². The molecule has 0 aliphatic carbocycles. The quantitative estimate of drug-likeness (QED) is 0.852. The summed E-state index contributed by atoms with van der Waals surface area (Å²) in [5.74, 6) is 0.384. The molecular formula is C18H24Cl2N4O. The maximum atomic E-state index is 12.7. The van der Waals surface area contributed by atoms with Crippen LogP contribution in [0.15, 0.2) is 30.5 Å². The predicted molar refractivity (Wildman–Crippen MR) is 103 cm³/mol. The van der Waals surface area contributed by atoms with Crippen molar-refractivity contribution >= 4 is 29.9 Å². The average molecular weight is 383 g/mol. The molecular weight excluding hydrogens is 359 g/mol. The first kappa shape index (κ1) is 19.8. The summed E-state index contributed by atoms with van der Waals surface area (Å²) in [6, 6.07) is 7.71. The third kappa shape index (κ3) is 4.35. The molecule has 0 spiro atoms. The average Bonchev–Trinajstić information content (AvgIpc) is 3.01. The fourth-order valence-corrected chi connectivity index (χ4v) is 3.39. The van der Waals surface area contributed by atoms with E-state index in [9.17, 15) is 4.79 Å². The highest BCUT2D eigenvalue weighted by Crippen LogP contribution is 2.20. The zero-order valence-corrected chi connectivity index (χ0v) is 16.0. The lowest BCUT2D eigenvalue weighted by atomic mass is 9.95. The molecule has 25 heavy (non-hydrogen) atoms. The Kier molecular flexibility index (Phi) is 6.87. The van der Waals surface area contributed by atoms with Gasteiger partial charge in [-0.05, 0) is 50.0 Å². The minimum Gasteiger partial charge on any atom is -0.349 e. The minimum absolute atomic E-state index is 0. The highest BCUT2D eigenvalue weighted by atomic mass is 35.5. The third-order valence-electron chi connectivity index (χ3n) is 4.60. The highest BCUT2D eigenvalue weighted by Gasteiger charge is 2.25. The van der Waals surface area contributed by atoms with E-state index in [1.807, 2.05) is 31.2 Å². The number of carbonyl (C=O) groups excluding carboxylic acids is 1. The van der Waals surface area contributed by atoms with Crippen molar-refractivity contribution in [3.63, 3.8) is 0 Å². The number of benzene rings is 1. The van der Waals surface area contributed by atoms with Gasteiger partial charge in [0.05, 0.1) is 23.1 Å². The van der Waals surface area contributed by atoms with Crippen molar-refractivity contribution in [3.05, 3.63) is 46.7 Å². The van der Waals surface area contributed by atoms with Crippen LogP contribution in [0.5, 0.6) is 0 Å². The first-order valence-corrected chi connectivity index (χ1v) is 8.82. The molecule has 1 aromatic heterocycles. The number of hydrogen-bond acceptors (Lipinski definition) is 3. The van der Waals surface area contributed by atoms with Crippen molar-refractivity contribution in [2.45, 2.75) is 32.7 Å². The lowest BCUT2D eigenvalue weighted by molar-refractivity contribution is 0.0913. The molecule has 2 heterocycles. The second-order valence-corrected chi connectivity index (χ2v) is 6.74. The number of amides is 1. The maximum Gasteiger partial charge on any atom is 0.255 e. The topological polar surface area (TPSA) is 59.0 Å². The van der Waals surface area contributed by atoms with Crippen LogP contribution in [0, 0.1) is 5.92 Å². The molecule has 2 aromatic rings. The zero-order valence-electron chi connectivity index (χ0n) is 14.5. The molecule has 0 saturated carbocycles. The SMILES string of the molecule is CCc1c(C(=O)NC2CCNCC2C)cnn1-c1cccc(Cl)c1.Cl. The van der Waals surface area contributed by atoms with Crippen molar-refractivity contribution in [2.24, 2.45) is 5.92 Å². The molecule has 1 aliphatic heterocycles. The number of nitrogens with zero attached hydrogens (tertiary/aromatic N) is 2. The van der Waals surface area contributed by atoms with E-state index in [4.69, 9.17) is 11.6 Å². The number of piperidine rings is 1. The van der Waals surface area contributed by atoms with E-state index in [1.54, 1.807) is 10.9 Å². The number of nitrogens with one attached hydrogen (secondary N) is 2. The van der Waals surface area contributed by atoms with Crippen LogP contribution in [-0.4, -0.2) is 34.8 Å². The third-order valence-corrected chi connectivity index (χ3v) is 4.84. The predicted octanol–water partition coefficient (Wildman–Crippen LogP) is 3.24. The van der Waals surface area contributed by atoms with Crippen LogP contribution in [0.1, 0.15) is 36.3 Å². The van der Waals surface area contributed by atoms with E-state index < -0.39 is 0 Å². The van der Waals surface area contributed by atoms with E-state index in [-0.39, 0.29) is 24.4 Å². The van der Waals surface area contributed by atoms with Crippen LogP contribution in [0.25, 0.3) is 5.69 Å². The molecule has 3 rings (SSSR count). The summed E-state index contributed by atoms with van der Waals surface area (Å²) >= 11 is 6.08. The Morgan fingerprint density at radius 3 is 2.96 bits per heavy atom. The zero-order chi connectivity index (χ0) is 17.1. The van der Waals surface area contributed by atoms with Crippen molar-refractivity contribution in [1.29, 1.82) is 0 Å². The fourth-order valence-electron chi connectivity index (χ4n) is 3.21. The van der Waals surface area contributed by atoms with Crippen LogP contribution in [0.2, 0.25) is 5.02 Å². The Hall–Kier alpha value is -1.56. The van der Waals surface area contributed by atoms with Crippen LogP contribution >= 0.6 is 24.0 Å². The summed E-state index contributed by atoms with van der Waals surface area (Å²) in [4.78, 5) is 12.7. The number of carbonyl (C=O) groups is 1. The second kappa shape index (κ2) is 8.70. The van der Waals surface area contributed by atoms with Crippen molar-refractivity contribution in [2.75, 3.05) is 13.1 Å². The molecule has 1 fully saturated rings. The first-order valence-electron chi connectivity index (χ1n) is 8.44. The number of halogens is 2. The van der Waals surface area contributed by atoms with E-state index in [2.05, 4.69) is 22.7 Å². The standard InChI is InChI=1S/C18H23ClN4O.ClH/c1-3-17-15(18(24)22-16-7-8-20-10-12(16)2)11-21-23(17)14-6-4-5-13(19)9-14;/h4-6,9,11-12,16,20H,3,7-8,10H2,1-2H3,(H,22,24);1H. The van der Waals surface area contributed by atoms with Gasteiger partial charge in [-0.25, -0.2) is 4.68 Å². The number of aromatic nitrogens is 2. The summed E-state index contributed by atoms with van der Waals surface area (Å²) in [5, 5.41) is 11.6. The van der Waals surface area contributed by atoms with Crippen LogP contribution in [0.3, 0.4) is 0 Å². The first-order chi connectivity index (χ1) is 11.6. The lowest BCUT2D eigenvalue weighted by Crippen LogP contribution is -2.48. The fraction of sp³-hybridized carbons (Fsp3) is 0.444. The van der Waals surface area contributed by atoms with E-state index >= 15 is 0 Å². The molecule has 7 heteroatoms. The number of hydrogen-bond donors (Lipinski definition) is 2. The molecule has 0 radical (unpaired) electrons. The Bertz CT molecular complexity index is 732. The Labute approximate surface area is 159 Å². The summed E-state index contributed by atoms with van der Waals surface area (Å²) in [7, 11) is 0. The van der Waals surface area contributed by atoms with Gasteiger partial charge in [0.15, 0.2) is 0 Å². The highest BCUT2D eigenvalue weighted by molar-refractivity contribution is 6.30. The van der Waals surface area contributed by atoms with Gasteiger partial charge in [-0.15, -0.1) is 12.4 Å². The van der Waals surface area contributed by atoms with Crippen LogP contribution in [-0.2, 0) is 6.42 Å². The molecule has 1 aromatic carbocycles. The Morgan fingerprint density at radius 2 is 2.28 bits per heavy atom. The summed E-state index contributed by atoms with van der Waals surface area (Å²) in [5.41, 5.74) is 2.41. The van der Waals surface area contributed by atoms with Gasteiger partial charge in [-0.2, -0.15) is 5.10 Å². The molecule has 1 amide bonds. The molecule has 136 valence electrons. The Morgan fingerprint density at radius 1 is 1.48 bits per heavy atom. The smallest absolute Gasteiger partial charge is 0.255 e. The molecule has 5 nitrogen and oxygen atoms in total. The maximum absolute atomic E-state index is 12.7. The second-order valence-electron chi connectivity index (χ2n) is 6.30. The molecule has 1 aliphatic rings. The van der Waals surface area contributed by atoms with Gasteiger partial charge < -0.3 is 10.6 Å². The van der Waals surface area contributed by atoms with Crippen molar-refractivity contribution < 1.29 is 4.79 Å². The normalized spacial score (nSPS) is 20.0. The van der Waals surface area contributed by atoms with Crippen molar-refractivity contribution in [1.82, 2.24) is 20.4 Å². The molecule has 2 N–H and O–H groups in total. The van der Waals surface area contributed by atoms with Gasteiger partial charge in [0.2, 0.25) is 0 Å². The molecule has 1 saturated heterocycles. The van der Waals surface area contributed by atoms with Gasteiger partial charge in [-0.1, -0.05) is 31.5 Å². The van der Waals surface area contributed by atoms with E-state index in [0.717, 1.165) is 37.3 Å². The van der Waals surface area contributed by atoms with Gasteiger partial charge in [0.1, 0.15) is 0 Å². The summed E-state index contributed by atoms with van der Waals surface area (Å²) in [6.45, 7) is 6.07.